The zero-order valence-corrected chi connectivity index (χ0v) is 12.5. The first kappa shape index (κ1) is 15.1. The fourth-order valence-electron chi connectivity index (χ4n) is 2.44. The van der Waals surface area contributed by atoms with Gasteiger partial charge in [-0.15, -0.1) is 0 Å². The van der Waals surface area contributed by atoms with Crippen molar-refractivity contribution in [3.05, 3.63) is 24.3 Å². The summed E-state index contributed by atoms with van der Waals surface area (Å²) in [5.74, 6) is 1.57. The van der Waals surface area contributed by atoms with Crippen LogP contribution in [-0.2, 0) is 4.74 Å². The van der Waals surface area contributed by atoms with Gasteiger partial charge >= 0.3 is 0 Å². The third-order valence-electron chi connectivity index (χ3n) is 3.50. The maximum atomic E-state index is 5.96. The van der Waals surface area contributed by atoms with Gasteiger partial charge in [0.15, 0.2) is 11.5 Å². The van der Waals surface area contributed by atoms with E-state index >= 15 is 0 Å². The highest BCUT2D eigenvalue weighted by Crippen LogP contribution is 2.26. The summed E-state index contributed by atoms with van der Waals surface area (Å²) in [4.78, 5) is 0. The summed E-state index contributed by atoms with van der Waals surface area (Å²) in [5, 5.41) is 3.37. The Balaban J connectivity index is 1.75. The van der Waals surface area contributed by atoms with Gasteiger partial charge < -0.3 is 19.5 Å². The zero-order chi connectivity index (χ0) is 14.3. The van der Waals surface area contributed by atoms with Gasteiger partial charge in [-0.3, -0.25) is 0 Å². The number of hydrogen-bond donors (Lipinski definition) is 1. The van der Waals surface area contributed by atoms with Gasteiger partial charge in [-0.25, -0.2) is 0 Å². The van der Waals surface area contributed by atoms with Crippen LogP contribution in [0.5, 0.6) is 11.5 Å². The van der Waals surface area contributed by atoms with Crippen molar-refractivity contribution >= 4 is 0 Å². The van der Waals surface area contributed by atoms with Gasteiger partial charge in [0, 0.05) is 6.54 Å². The number of nitrogens with one attached hydrogen (secondary N) is 1. The van der Waals surface area contributed by atoms with Crippen LogP contribution < -0.4 is 14.8 Å². The van der Waals surface area contributed by atoms with Crippen molar-refractivity contribution in [3.8, 4) is 11.5 Å². The molecule has 112 valence electrons. The van der Waals surface area contributed by atoms with Crippen molar-refractivity contribution in [2.75, 3.05) is 32.9 Å². The monoisotopic (exact) mass is 279 g/mol. The van der Waals surface area contributed by atoms with E-state index in [1.165, 1.54) is 6.42 Å². The van der Waals surface area contributed by atoms with Crippen LogP contribution in [0.2, 0.25) is 0 Å². The SMILES string of the molecule is CCOc1ccccc1OCCOC1(C)CCCNC1. The van der Waals surface area contributed by atoms with Gasteiger partial charge in [0.2, 0.25) is 0 Å². The average molecular weight is 279 g/mol. The molecule has 1 N–H and O–H groups in total. The van der Waals surface area contributed by atoms with E-state index in [1.807, 2.05) is 31.2 Å². The third-order valence-corrected chi connectivity index (χ3v) is 3.50. The molecule has 1 heterocycles. The van der Waals surface area contributed by atoms with Crippen molar-refractivity contribution in [1.82, 2.24) is 5.32 Å². The Labute approximate surface area is 121 Å². The van der Waals surface area contributed by atoms with E-state index in [0.29, 0.717) is 19.8 Å². The van der Waals surface area contributed by atoms with Crippen LogP contribution in [0.15, 0.2) is 24.3 Å². The Morgan fingerprint density at radius 3 is 2.55 bits per heavy atom. The minimum Gasteiger partial charge on any atom is -0.490 e. The highest BCUT2D eigenvalue weighted by Gasteiger charge is 2.27. The van der Waals surface area contributed by atoms with Gasteiger partial charge in [0.1, 0.15) is 6.61 Å². The average Bonchev–Trinajstić information content (AvgIpc) is 2.46. The normalized spacial score (nSPS) is 22.5. The van der Waals surface area contributed by atoms with E-state index in [4.69, 9.17) is 14.2 Å². The van der Waals surface area contributed by atoms with E-state index in [9.17, 15) is 0 Å². The molecule has 1 unspecified atom stereocenters. The van der Waals surface area contributed by atoms with Gasteiger partial charge in [0.25, 0.3) is 0 Å². The van der Waals surface area contributed by atoms with Crippen molar-refractivity contribution in [3.63, 3.8) is 0 Å². The fraction of sp³-hybridized carbons (Fsp3) is 0.625. The molecule has 1 aliphatic heterocycles. The number of para-hydroxylation sites is 2. The van der Waals surface area contributed by atoms with Crippen molar-refractivity contribution < 1.29 is 14.2 Å². The Morgan fingerprint density at radius 1 is 1.15 bits per heavy atom. The minimum atomic E-state index is -0.0545. The summed E-state index contributed by atoms with van der Waals surface area (Å²) in [6, 6.07) is 7.75. The molecule has 2 rings (SSSR count). The first-order valence-corrected chi connectivity index (χ1v) is 7.43. The van der Waals surface area contributed by atoms with Crippen molar-refractivity contribution in [2.24, 2.45) is 0 Å². The topological polar surface area (TPSA) is 39.7 Å². The Kier molecular flexibility index (Phi) is 5.68. The summed E-state index contributed by atoms with van der Waals surface area (Å²) >= 11 is 0. The zero-order valence-electron chi connectivity index (χ0n) is 12.5. The number of ether oxygens (including phenoxy) is 3. The molecule has 0 radical (unpaired) electrons. The smallest absolute Gasteiger partial charge is 0.161 e. The lowest BCUT2D eigenvalue weighted by molar-refractivity contribution is -0.0559. The Hall–Kier alpha value is -1.26. The molecule has 4 nitrogen and oxygen atoms in total. The lowest BCUT2D eigenvalue weighted by Crippen LogP contribution is -2.45. The number of benzene rings is 1. The van der Waals surface area contributed by atoms with Gasteiger partial charge in [-0.2, -0.15) is 0 Å². The molecule has 1 aromatic carbocycles. The number of piperidine rings is 1. The van der Waals surface area contributed by atoms with Crippen LogP contribution in [0.3, 0.4) is 0 Å². The predicted octanol–water partition coefficient (Wildman–Crippen LogP) is 2.62. The molecule has 1 atom stereocenters. The largest absolute Gasteiger partial charge is 0.490 e. The van der Waals surface area contributed by atoms with Crippen molar-refractivity contribution in [1.29, 1.82) is 0 Å². The molecule has 20 heavy (non-hydrogen) atoms. The summed E-state index contributed by atoms with van der Waals surface area (Å²) in [5.41, 5.74) is -0.0545. The number of rotatable bonds is 7. The maximum Gasteiger partial charge on any atom is 0.161 e. The first-order valence-electron chi connectivity index (χ1n) is 7.43. The molecule has 0 amide bonds. The number of hydrogen-bond acceptors (Lipinski definition) is 4. The molecule has 0 spiro atoms. The molecule has 0 aromatic heterocycles. The van der Waals surface area contributed by atoms with Crippen LogP contribution in [0.25, 0.3) is 0 Å². The van der Waals surface area contributed by atoms with Gasteiger partial charge in [0.05, 0.1) is 18.8 Å². The van der Waals surface area contributed by atoms with Crippen molar-refractivity contribution in [2.45, 2.75) is 32.3 Å². The fourth-order valence-corrected chi connectivity index (χ4v) is 2.44. The second-order valence-corrected chi connectivity index (χ2v) is 5.31. The molecule has 0 aliphatic carbocycles. The molecule has 0 bridgehead atoms. The molecular weight excluding hydrogens is 254 g/mol. The summed E-state index contributed by atoms with van der Waals surface area (Å²) in [7, 11) is 0. The molecule has 1 fully saturated rings. The predicted molar refractivity (Wildman–Crippen MR) is 79.6 cm³/mol. The van der Waals surface area contributed by atoms with Gasteiger partial charge in [-0.05, 0) is 45.4 Å². The molecule has 0 saturated carbocycles. The minimum absolute atomic E-state index is 0.0545. The van der Waals surface area contributed by atoms with E-state index in [0.717, 1.165) is 31.0 Å². The van der Waals surface area contributed by atoms with E-state index in [2.05, 4.69) is 12.2 Å². The summed E-state index contributed by atoms with van der Waals surface area (Å²) in [6.07, 6.45) is 2.28. The third kappa shape index (κ3) is 4.39. The van der Waals surface area contributed by atoms with Gasteiger partial charge in [-0.1, -0.05) is 12.1 Å². The highest BCUT2D eigenvalue weighted by molar-refractivity contribution is 5.39. The standard InChI is InChI=1S/C16H25NO3/c1-3-18-14-7-4-5-8-15(14)19-11-12-20-16(2)9-6-10-17-13-16/h4-5,7-8,17H,3,6,9-13H2,1-2H3. The Bertz CT molecular complexity index is 402. The quantitative estimate of drug-likeness (QED) is 0.779. The highest BCUT2D eigenvalue weighted by atomic mass is 16.5. The van der Waals surface area contributed by atoms with E-state index in [1.54, 1.807) is 0 Å². The lowest BCUT2D eigenvalue weighted by Gasteiger charge is -2.34. The van der Waals surface area contributed by atoms with E-state index in [-0.39, 0.29) is 5.60 Å². The summed E-state index contributed by atoms with van der Waals surface area (Å²) < 4.78 is 17.2. The lowest BCUT2D eigenvalue weighted by atomic mass is 9.96. The van der Waals surface area contributed by atoms with E-state index < -0.39 is 0 Å². The Morgan fingerprint density at radius 2 is 1.90 bits per heavy atom. The molecular formula is C16H25NO3. The van der Waals surface area contributed by atoms with Crippen LogP contribution >= 0.6 is 0 Å². The summed E-state index contributed by atoms with van der Waals surface area (Å²) in [6.45, 7) is 7.92. The molecule has 1 aromatic rings. The maximum absolute atomic E-state index is 5.96. The van der Waals surface area contributed by atoms with Crippen LogP contribution in [0.4, 0.5) is 0 Å². The second kappa shape index (κ2) is 7.50. The molecule has 1 saturated heterocycles. The first-order chi connectivity index (χ1) is 9.73. The molecule has 4 heteroatoms. The molecule has 1 aliphatic rings. The second-order valence-electron chi connectivity index (χ2n) is 5.31. The van der Waals surface area contributed by atoms with Crippen LogP contribution in [0, 0.1) is 0 Å². The van der Waals surface area contributed by atoms with Crippen LogP contribution in [-0.4, -0.2) is 38.5 Å². The van der Waals surface area contributed by atoms with Crippen LogP contribution in [0.1, 0.15) is 26.7 Å².